The van der Waals surface area contributed by atoms with Gasteiger partial charge in [0.2, 0.25) is 5.91 Å². The predicted octanol–water partition coefficient (Wildman–Crippen LogP) is 1.05. The van der Waals surface area contributed by atoms with Crippen molar-refractivity contribution < 1.29 is 9.53 Å². The Bertz CT molecular complexity index is 245. The molecule has 0 saturated carbocycles. The Balaban J connectivity index is 0.00000144. The SMILES string of the molecule is CC1COCCN1C(=O)CC1CCNCC1.Cl. The third-order valence-corrected chi connectivity index (χ3v) is 3.61. The minimum absolute atomic E-state index is 0. The van der Waals surface area contributed by atoms with Crippen LogP contribution in [-0.2, 0) is 9.53 Å². The first-order valence-electron chi connectivity index (χ1n) is 6.35. The number of nitrogens with zero attached hydrogens (tertiary/aromatic N) is 1. The van der Waals surface area contributed by atoms with E-state index < -0.39 is 0 Å². The minimum Gasteiger partial charge on any atom is -0.377 e. The number of rotatable bonds is 2. The molecule has 1 atom stereocenters. The molecule has 17 heavy (non-hydrogen) atoms. The van der Waals surface area contributed by atoms with E-state index in [4.69, 9.17) is 4.74 Å². The second-order valence-electron chi connectivity index (χ2n) is 4.91. The summed E-state index contributed by atoms with van der Waals surface area (Å²) < 4.78 is 5.35. The highest BCUT2D eigenvalue weighted by atomic mass is 35.5. The van der Waals surface area contributed by atoms with E-state index in [1.54, 1.807) is 0 Å². The molecule has 100 valence electrons. The average Bonchev–Trinajstić information content (AvgIpc) is 2.31. The van der Waals surface area contributed by atoms with Gasteiger partial charge < -0.3 is 15.0 Å². The van der Waals surface area contributed by atoms with Gasteiger partial charge in [-0.2, -0.15) is 0 Å². The molecule has 0 bridgehead atoms. The molecule has 1 amide bonds. The van der Waals surface area contributed by atoms with Crippen molar-refractivity contribution in [1.29, 1.82) is 0 Å². The van der Waals surface area contributed by atoms with Crippen molar-refractivity contribution in [3.05, 3.63) is 0 Å². The first-order chi connectivity index (χ1) is 7.77. The van der Waals surface area contributed by atoms with Gasteiger partial charge in [0.1, 0.15) is 0 Å². The number of halogens is 1. The lowest BCUT2D eigenvalue weighted by atomic mass is 9.94. The summed E-state index contributed by atoms with van der Waals surface area (Å²) in [5.74, 6) is 0.909. The fraction of sp³-hybridized carbons (Fsp3) is 0.917. The highest BCUT2D eigenvalue weighted by Gasteiger charge is 2.26. The van der Waals surface area contributed by atoms with Gasteiger partial charge >= 0.3 is 0 Å². The molecule has 0 aromatic carbocycles. The summed E-state index contributed by atoms with van der Waals surface area (Å²) in [6.07, 6.45) is 3.01. The van der Waals surface area contributed by atoms with Crippen molar-refractivity contribution in [3.8, 4) is 0 Å². The maximum atomic E-state index is 12.1. The highest BCUT2D eigenvalue weighted by molar-refractivity contribution is 5.85. The summed E-state index contributed by atoms with van der Waals surface area (Å²) in [6.45, 7) is 6.36. The molecule has 2 saturated heterocycles. The molecular weight excluding hydrogens is 240 g/mol. The fourth-order valence-electron chi connectivity index (χ4n) is 2.55. The number of ether oxygens (including phenoxy) is 1. The number of amides is 1. The Hall–Kier alpha value is -0.320. The van der Waals surface area contributed by atoms with E-state index in [1.807, 2.05) is 4.90 Å². The van der Waals surface area contributed by atoms with E-state index in [1.165, 1.54) is 0 Å². The molecule has 0 spiro atoms. The van der Waals surface area contributed by atoms with Crippen LogP contribution >= 0.6 is 12.4 Å². The van der Waals surface area contributed by atoms with Crippen LogP contribution in [0.2, 0.25) is 0 Å². The van der Waals surface area contributed by atoms with Crippen molar-refractivity contribution >= 4 is 18.3 Å². The largest absolute Gasteiger partial charge is 0.377 e. The zero-order valence-corrected chi connectivity index (χ0v) is 11.3. The summed E-state index contributed by atoms with van der Waals surface area (Å²) in [7, 11) is 0. The molecule has 2 aliphatic rings. The lowest BCUT2D eigenvalue weighted by Gasteiger charge is -2.34. The molecule has 0 aromatic rings. The van der Waals surface area contributed by atoms with Crippen molar-refractivity contribution in [2.45, 2.75) is 32.2 Å². The summed E-state index contributed by atoms with van der Waals surface area (Å²) in [5.41, 5.74) is 0. The predicted molar refractivity (Wildman–Crippen MR) is 69.5 cm³/mol. The number of carbonyl (C=O) groups is 1. The van der Waals surface area contributed by atoms with Crippen LogP contribution in [0.5, 0.6) is 0 Å². The lowest BCUT2D eigenvalue weighted by Crippen LogP contribution is -2.47. The maximum Gasteiger partial charge on any atom is 0.223 e. The van der Waals surface area contributed by atoms with Gasteiger partial charge in [0, 0.05) is 13.0 Å². The topological polar surface area (TPSA) is 41.6 Å². The number of hydrogen-bond acceptors (Lipinski definition) is 3. The van der Waals surface area contributed by atoms with Gasteiger partial charge in [-0.25, -0.2) is 0 Å². The van der Waals surface area contributed by atoms with Crippen LogP contribution in [-0.4, -0.2) is 49.7 Å². The van der Waals surface area contributed by atoms with Gasteiger partial charge in [-0.15, -0.1) is 12.4 Å². The van der Waals surface area contributed by atoms with Crippen LogP contribution < -0.4 is 5.32 Å². The Morgan fingerprint density at radius 3 is 2.76 bits per heavy atom. The standard InChI is InChI=1S/C12H22N2O2.ClH/c1-10-9-16-7-6-14(10)12(15)8-11-2-4-13-5-3-11;/h10-11,13H,2-9H2,1H3;1H. The van der Waals surface area contributed by atoms with Gasteiger partial charge in [-0.05, 0) is 38.8 Å². The Morgan fingerprint density at radius 1 is 1.41 bits per heavy atom. The fourth-order valence-corrected chi connectivity index (χ4v) is 2.55. The molecule has 0 radical (unpaired) electrons. The van der Waals surface area contributed by atoms with Gasteiger partial charge in [0.15, 0.2) is 0 Å². The zero-order valence-electron chi connectivity index (χ0n) is 10.5. The quantitative estimate of drug-likeness (QED) is 0.809. The molecule has 5 heteroatoms. The van der Waals surface area contributed by atoms with Gasteiger partial charge in [-0.1, -0.05) is 0 Å². The number of carbonyl (C=O) groups excluding carboxylic acids is 1. The summed E-state index contributed by atoms with van der Waals surface area (Å²) in [4.78, 5) is 14.1. The van der Waals surface area contributed by atoms with Crippen LogP contribution in [0.25, 0.3) is 0 Å². The monoisotopic (exact) mass is 262 g/mol. The van der Waals surface area contributed by atoms with Crippen LogP contribution in [0.4, 0.5) is 0 Å². The Kier molecular flexibility index (Phi) is 6.23. The molecule has 2 fully saturated rings. The van der Waals surface area contributed by atoms with Crippen LogP contribution in [0, 0.1) is 5.92 Å². The van der Waals surface area contributed by atoms with Gasteiger partial charge in [0.25, 0.3) is 0 Å². The van der Waals surface area contributed by atoms with E-state index >= 15 is 0 Å². The van der Waals surface area contributed by atoms with Gasteiger partial charge in [-0.3, -0.25) is 4.79 Å². The third kappa shape index (κ3) is 4.12. The van der Waals surface area contributed by atoms with E-state index in [9.17, 15) is 4.79 Å². The van der Waals surface area contributed by atoms with Crippen molar-refractivity contribution in [2.24, 2.45) is 5.92 Å². The highest BCUT2D eigenvalue weighted by Crippen LogP contribution is 2.18. The van der Waals surface area contributed by atoms with Crippen LogP contribution in [0.3, 0.4) is 0 Å². The second kappa shape index (κ2) is 7.19. The molecule has 2 rings (SSSR count). The average molecular weight is 263 g/mol. The molecule has 2 heterocycles. The van der Waals surface area contributed by atoms with E-state index in [0.29, 0.717) is 25.0 Å². The van der Waals surface area contributed by atoms with Crippen LogP contribution in [0.15, 0.2) is 0 Å². The van der Waals surface area contributed by atoms with Crippen LogP contribution in [0.1, 0.15) is 26.2 Å². The maximum absolute atomic E-state index is 12.1. The number of hydrogen-bond donors (Lipinski definition) is 1. The first kappa shape index (κ1) is 14.7. The first-order valence-corrected chi connectivity index (χ1v) is 6.35. The van der Waals surface area contributed by atoms with E-state index in [-0.39, 0.29) is 18.4 Å². The molecule has 0 aliphatic carbocycles. The van der Waals surface area contributed by atoms with Gasteiger partial charge in [0.05, 0.1) is 19.3 Å². The molecule has 0 aromatic heterocycles. The lowest BCUT2D eigenvalue weighted by molar-refractivity contribution is -0.140. The van der Waals surface area contributed by atoms with E-state index in [0.717, 1.165) is 38.9 Å². The minimum atomic E-state index is 0. The van der Waals surface area contributed by atoms with Crippen molar-refractivity contribution in [1.82, 2.24) is 10.2 Å². The Labute approximate surface area is 109 Å². The molecule has 4 nitrogen and oxygen atoms in total. The zero-order chi connectivity index (χ0) is 11.4. The molecule has 1 N–H and O–H groups in total. The Morgan fingerprint density at radius 2 is 2.12 bits per heavy atom. The van der Waals surface area contributed by atoms with Crippen molar-refractivity contribution in [2.75, 3.05) is 32.8 Å². The summed E-state index contributed by atoms with van der Waals surface area (Å²) in [5, 5.41) is 3.33. The van der Waals surface area contributed by atoms with E-state index in [2.05, 4.69) is 12.2 Å². The second-order valence-corrected chi connectivity index (χ2v) is 4.91. The van der Waals surface area contributed by atoms with Crippen molar-refractivity contribution in [3.63, 3.8) is 0 Å². The molecule has 2 aliphatic heterocycles. The normalized spacial score (nSPS) is 26.4. The smallest absolute Gasteiger partial charge is 0.223 e. The summed E-state index contributed by atoms with van der Waals surface area (Å²) >= 11 is 0. The summed E-state index contributed by atoms with van der Waals surface area (Å²) in [6, 6.07) is 0.253. The third-order valence-electron chi connectivity index (χ3n) is 3.61. The number of piperidine rings is 1. The number of morpholine rings is 1. The molecular formula is C12H23ClN2O2. The number of nitrogens with one attached hydrogen (secondary N) is 1. The molecule has 1 unspecified atom stereocenters.